The van der Waals surface area contributed by atoms with Crippen molar-refractivity contribution in [3.63, 3.8) is 0 Å². The monoisotopic (exact) mass is 1700 g/mol. The molecular weight excluding hydrogens is 1610 g/mol. The summed E-state index contributed by atoms with van der Waals surface area (Å²) in [4.78, 5) is 7.84. The van der Waals surface area contributed by atoms with Crippen LogP contribution in [0.15, 0.2) is 455 Å². The Morgan fingerprint density at radius 1 is 0.188 bits per heavy atom. The number of ether oxygens (including phenoxy) is 3. The lowest BCUT2D eigenvalue weighted by Crippen LogP contribution is -2.66. The second-order valence-electron chi connectivity index (χ2n) is 36.8. The molecule has 20 aromatic carbocycles. The largest absolute Gasteiger partial charge is 0.459 e. The van der Waals surface area contributed by atoms with Crippen LogP contribution in [0.2, 0.25) is 0 Å². The van der Waals surface area contributed by atoms with Crippen molar-refractivity contribution in [1.29, 1.82) is 0 Å². The first kappa shape index (κ1) is 77.5. The van der Waals surface area contributed by atoms with E-state index in [2.05, 4.69) is 490 Å². The van der Waals surface area contributed by atoms with Crippen molar-refractivity contribution in [2.45, 2.75) is 26.2 Å². The summed E-state index contributed by atoms with van der Waals surface area (Å²) in [6.07, 6.45) is 0. The lowest BCUT2D eigenvalue weighted by Gasteiger charge is -2.48. The fourth-order valence-electron chi connectivity index (χ4n) is 22.0. The van der Waals surface area contributed by atoms with E-state index in [1.54, 1.807) is 0 Å². The van der Waals surface area contributed by atoms with Gasteiger partial charge in [-0.1, -0.05) is 391 Å². The number of hydrogen-bond donors (Lipinski definition) is 0. The van der Waals surface area contributed by atoms with Gasteiger partial charge in [-0.15, -0.1) is 0 Å². The number of anilines is 9. The number of nitrogens with zero attached hydrogens (tertiary/aromatic N) is 3. The first-order chi connectivity index (χ1) is 65.6. The molecule has 622 valence electrons. The molecule has 133 heavy (non-hydrogen) atoms. The van der Waals surface area contributed by atoms with Crippen LogP contribution in [0.4, 0.5) is 51.2 Å². The van der Waals surface area contributed by atoms with Crippen LogP contribution < -0.4 is 78.1 Å². The van der Waals surface area contributed by atoms with Crippen LogP contribution in [-0.4, -0.2) is 20.1 Å². The predicted octanol–water partition coefficient (Wildman–Crippen LogP) is 26.9. The van der Waals surface area contributed by atoms with Crippen molar-refractivity contribution < 1.29 is 14.2 Å². The zero-order valence-corrected chi connectivity index (χ0v) is 73.6. The van der Waals surface area contributed by atoms with E-state index < -0.39 is 18.8 Å². The van der Waals surface area contributed by atoms with E-state index in [0.717, 1.165) is 235 Å². The second-order valence-corrected chi connectivity index (χ2v) is 36.8. The fourth-order valence-corrected chi connectivity index (χ4v) is 22.0. The van der Waals surface area contributed by atoms with E-state index in [1.165, 1.54) is 5.46 Å². The average Bonchev–Trinajstić information content (AvgIpc) is 0.590. The minimum absolute atomic E-state index is 0.320. The molecule has 9 heteroatoms. The van der Waals surface area contributed by atoms with Gasteiger partial charge < -0.3 is 28.9 Å². The number of fused-ring (bicyclic) bond motifs is 14. The Balaban J connectivity index is 0.828. The fraction of sp³-hybridized carbons (Fsp3) is 0.0323. The third-order valence-corrected chi connectivity index (χ3v) is 28.1. The molecule has 0 radical (unpaired) electrons. The quantitative estimate of drug-likeness (QED) is 0.107. The molecule has 0 saturated heterocycles. The van der Waals surface area contributed by atoms with E-state index in [1.807, 2.05) is 0 Å². The highest BCUT2D eigenvalue weighted by Crippen LogP contribution is 2.58. The Labute approximate surface area is 776 Å². The normalized spacial score (nSPS) is 13.0. The van der Waals surface area contributed by atoms with Crippen molar-refractivity contribution in [2.24, 2.45) is 0 Å². The van der Waals surface area contributed by atoms with E-state index in [-0.39, 0.29) is 6.71 Å². The molecule has 0 N–H and O–H groups in total. The molecule has 0 bridgehead atoms. The number of rotatable bonds is 13. The van der Waals surface area contributed by atoms with Gasteiger partial charge in [0.2, 0.25) is 0 Å². The van der Waals surface area contributed by atoms with Gasteiger partial charge in [-0.3, -0.25) is 0 Å². The van der Waals surface area contributed by atoms with E-state index in [4.69, 9.17) is 14.2 Å². The van der Waals surface area contributed by atoms with Gasteiger partial charge in [0.05, 0.1) is 11.4 Å². The van der Waals surface area contributed by atoms with Gasteiger partial charge in [0.15, 0.2) is 0 Å². The highest BCUT2D eigenvalue weighted by Gasteiger charge is 2.55. The Kier molecular flexibility index (Phi) is 18.1. The molecule has 0 atom stereocenters. The highest BCUT2D eigenvalue weighted by atomic mass is 16.5. The Morgan fingerprint density at radius 2 is 0.511 bits per heavy atom. The molecule has 26 rings (SSSR count). The lowest BCUT2D eigenvalue weighted by molar-refractivity contribution is 0.459. The zero-order valence-electron chi connectivity index (χ0n) is 73.6. The predicted molar refractivity (Wildman–Crippen MR) is 557 cm³/mol. The van der Waals surface area contributed by atoms with Crippen molar-refractivity contribution in [3.05, 3.63) is 461 Å². The molecule has 0 aromatic heterocycles. The molecular formula is C124H84B3N3O3. The molecule has 0 amide bonds. The van der Waals surface area contributed by atoms with Gasteiger partial charge in [0, 0.05) is 85.1 Å². The maximum Gasteiger partial charge on any atom is 0.265 e. The van der Waals surface area contributed by atoms with Crippen LogP contribution >= 0.6 is 0 Å². The summed E-state index contributed by atoms with van der Waals surface area (Å²) < 4.78 is 25.1. The molecule has 20 aromatic rings. The molecule has 6 heterocycles. The molecule has 0 spiro atoms. The summed E-state index contributed by atoms with van der Waals surface area (Å²) in [7, 11) is 0. The summed E-state index contributed by atoms with van der Waals surface area (Å²) >= 11 is 0. The van der Waals surface area contributed by atoms with Crippen LogP contribution in [-0.2, 0) is 5.41 Å². The summed E-state index contributed by atoms with van der Waals surface area (Å²) in [5.74, 6) is 4.42. The topological polar surface area (TPSA) is 37.4 Å². The lowest BCUT2D eigenvalue weighted by atomic mass is 9.29. The van der Waals surface area contributed by atoms with Gasteiger partial charge in [0.1, 0.15) is 34.5 Å². The third kappa shape index (κ3) is 12.7. The molecule has 6 aliphatic rings. The summed E-state index contributed by atoms with van der Waals surface area (Å²) in [5, 5.41) is 0. The zero-order chi connectivity index (χ0) is 88.1. The smallest absolute Gasteiger partial charge is 0.265 e. The van der Waals surface area contributed by atoms with E-state index in [0.29, 0.717) is 11.5 Å². The van der Waals surface area contributed by atoms with Crippen LogP contribution in [0.5, 0.6) is 34.5 Å². The van der Waals surface area contributed by atoms with Crippen molar-refractivity contribution >= 4 is 120 Å². The minimum atomic E-state index is -0.548. The van der Waals surface area contributed by atoms with Gasteiger partial charge in [-0.25, -0.2) is 0 Å². The summed E-state index contributed by atoms with van der Waals surface area (Å²) in [5.41, 5.74) is 41.2. The highest BCUT2D eigenvalue weighted by molar-refractivity contribution is 7.05. The maximum absolute atomic E-state index is 8.79. The Hall–Kier alpha value is -16.6. The number of benzene rings is 20. The number of hydrogen-bond acceptors (Lipinski definition) is 6. The first-order valence-corrected chi connectivity index (χ1v) is 46.2. The SMILES string of the molecule is CC(C)(C)c1cc2c3c(c1)N(c1c(-c4ccccc4)cc(-c4ccccc4)cc1-c1ccccc1)c1cc4c5c(c1B3c1ccc(-c3ccccc3)cc1N2c1c(-c2ccccc2)cc(-c2ccccc2)cc1-c1ccccc1)Oc1cc2c3c(c1B5c1ccc(-c5ccccc5)cc1O4)Oc1ccc(-c4ccccc4)cc1B3c1cc(-c3ccccc3)ccc1N2c1ccccc1. The van der Waals surface area contributed by atoms with E-state index >= 15 is 0 Å². The first-order valence-electron chi connectivity index (χ1n) is 46.2. The average molecular weight is 1700 g/mol. The van der Waals surface area contributed by atoms with Crippen molar-refractivity contribution in [1.82, 2.24) is 0 Å². The summed E-state index contributed by atoms with van der Waals surface area (Å²) in [6.45, 7) is 5.74. The third-order valence-electron chi connectivity index (χ3n) is 28.1. The maximum atomic E-state index is 8.79. The molecule has 0 fully saturated rings. The Bertz CT molecular complexity index is 7930. The van der Waals surface area contributed by atoms with Crippen molar-refractivity contribution in [2.75, 3.05) is 14.7 Å². The molecule has 6 nitrogen and oxygen atoms in total. The minimum Gasteiger partial charge on any atom is -0.459 e. The van der Waals surface area contributed by atoms with Crippen LogP contribution in [0.1, 0.15) is 26.3 Å². The second kappa shape index (κ2) is 31.1. The number of para-hydroxylation sites is 1. The molecule has 6 aliphatic heterocycles. The van der Waals surface area contributed by atoms with E-state index in [9.17, 15) is 0 Å². The van der Waals surface area contributed by atoms with Crippen LogP contribution in [0, 0.1) is 0 Å². The van der Waals surface area contributed by atoms with Crippen LogP contribution in [0.25, 0.3) is 111 Å². The van der Waals surface area contributed by atoms with Crippen LogP contribution in [0.3, 0.4) is 0 Å². The standard InChI is InChI=1S/C124H84B3N3O3/c1-124(2,3)95-75-107-115-108(76-95)130(121-99(87-53-31-12-32-54-87)69-94(84-47-25-9-26-48-84)70-100(121)88-55-33-13-34-56-88)110-78-113-118-123(117(110)126(115)101-63-59-91(81-41-19-6-20-42-81)73-106(101)129(107)120-97(85-49-27-10-28-50-85)67-93(83-45-23-8-24-46-83)68-98(120)86-51-29-11-30-52-86)133-114-77-109-116-122(119(114)127(118)102-64-60-92(74-112(102)131-113)82-43-21-7-22-44-82)132-111-66-62-90(80-39-17-5-18-40-80)72-104(111)125(116)103-71-89(79-37-15-4-16-38-79)61-65-105(103)128(109)96-57-35-14-36-58-96/h4-78H,1-3H3. The molecule has 0 unspecified atom stereocenters. The van der Waals surface area contributed by atoms with Gasteiger partial charge in [0.25, 0.3) is 20.1 Å². The molecule has 0 saturated carbocycles. The molecule has 0 aliphatic carbocycles. The van der Waals surface area contributed by atoms with Gasteiger partial charge in [-0.05, 0) is 211 Å². The van der Waals surface area contributed by atoms with Crippen molar-refractivity contribution in [3.8, 4) is 146 Å². The van der Waals surface area contributed by atoms with Gasteiger partial charge >= 0.3 is 0 Å². The summed E-state index contributed by atoms with van der Waals surface area (Å²) in [6, 6.07) is 168. The van der Waals surface area contributed by atoms with Gasteiger partial charge in [-0.2, -0.15) is 0 Å². The Morgan fingerprint density at radius 3 is 0.947 bits per heavy atom.